The first kappa shape index (κ1) is 16.0. The second-order valence-electron chi connectivity index (χ2n) is 4.68. The molecule has 0 saturated carbocycles. The molecule has 0 bridgehead atoms. The van der Waals surface area contributed by atoms with E-state index >= 15 is 0 Å². The lowest BCUT2D eigenvalue weighted by Crippen LogP contribution is -2.25. The summed E-state index contributed by atoms with van der Waals surface area (Å²) in [6.45, 7) is 2.79. The van der Waals surface area contributed by atoms with Crippen LogP contribution in [0.4, 0.5) is 0 Å². The summed E-state index contributed by atoms with van der Waals surface area (Å²) in [5.74, 6) is 0.980. The van der Waals surface area contributed by atoms with Crippen molar-refractivity contribution in [3.63, 3.8) is 0 Å². The highest BCUT2D eigenvalue weighted by atomic mass is 32.1. The third-order valence-electron chi connectivity index (χ3n) is 3.05. The SMILES string of the molecule is N#CCCN(CCCCCCS)Cc1cccnc1. The Morgan fingerprint density at radius 1 is 1.21 bits per heavy atom. The van der Waals surface area contributed by atoms with Gasteiger partial charge in [-0.05, 0) is 36.8 Å². The van der Waals surface area contributed by atoms with Gasteiger partial charge in [0.2, 0.25) is 0 Å². The number of pyridine rings is 1. The van der Waals surface area contributed by atoms with Crippen LogP contribution in [0, 0.1) is 11.3 Å². The lowest BCUT2D eigenvalue weighted by atomic mass is 10.2. The molecule has 19 heavy (non-hydrogen) atoms. The van der Waals surface area contributed by atoms with Gasteiger partial charge < -0.3 is 0 Å². The van der Waals surface area contributed by atoms with Crippen LogP contribution in [0.15, 0.2) is 24.5 Å². The Labute approximate surface area is 122 Å². The lowest BCUT2D eigenvalue weighted by Gasteiger charge is -2.21. The minimum atomic E-state index is 0.594. The molecular formula is C15H23N3S. The van der Waals surface area contributed by atoms with E-state index in [2.05, 4.69) is 34.6 Å². The van der Waals surface area contributed by atoms with E-state index in [0.29, 0.717) is 6.42 Å². The van der Waals surface area contributed by atoms with E-state index in [1.165, 1.54) is 31.2 Å². The number of nitrogens with zero attached hydrogens (tertiary/aromatic N) is 3. The summed E-state index contributed by atoms with van der Waals surface area (Å²) < 4.78 is 0. The Balaban J connectivity index is 2.32. The molecule has 0 atom stereocenters. The molecule has 1 rings (SSSR count). The molecule has 0 aliphatic rings. The van der Waals surface area contributed by atoms with Crippen molar-refractivity contribution >= 4 is 12.6 Å². The fourth-order valence-corrected chi connectivity index (χ4v) is 2.25. The fourth-order valence-electron chi connectivity index (χ4n) is 2.03. The molecule has 0 aliphatic heterocycles. The van der Waals surface area contributed by atoms with Crippen LogP contribution < -0.4 is 0 Å². The molecule has 1 aromatic heterocycles. The quantitative estimate of drug-likeness (QED) is 0.527. The van der Waals surface area contributed by atoms with Gasteiger partial charge in [0.25, 0.3) is 0 Å². The van der Waals surface area contributed by atoms with Crippen molar-refractivity contribution in [1.82, 2.24) is 9.88 Å². The first-order valence-corrected chi connectivity index (χ1v) is 7.59. The van der Waals surface area contributed by atoms with Crippen LogP contribution in [0.1, 0.15) is 37.7 Å². The van der Waals surface area contributed by atoms with Crippen LogP contribution in [0.2, 0.25) is 0 Å². The summed E-state index contributed by atoms with van der Waals surface area (Å²) in [5, 5.41) is 8.73. The Morgan fingerprint density at radius 3 is 2.74 bits per heavy atom. The van der Waals surface area contributed by atoms with Gasteiger partial charge in [0.1, 0.15) is 0 Å². The third kappa shape index (κ3) is 7.86. The normalized spacial score (nSPS) is 10.6. The summed E-state index contributed by atoms with van der Waals surface area (Å²) in [5.41, 5.74) is 1.22. The second-order valence-corrected chi connectivity index (χ2v) is 5.13. The largest absolute Gasteiger partial charge is 0.298 e. The highest BCUT2D eigenvalue weighted by molar-refractivity contribution is 7.80. The first-order valence-electron chi connectivity index (χ1n) is 6.96. The van der Waals surface area contributed by atoms with E-state index in [-0.39, 0.29) is 0 Å². The minimum absolute atomic E-state index is 0.594. The van der Waals surface area contributed by atoms with E-state index in [4.69, 9.17) is 5.26 Å². The molecule has 0 saturated heterocycles. The van der Waals surface area contributed by atoms with Gasteiger partial charge in [0, 0.05) is 31.9 Å². The van der Waals surface area contributed by atoms with Crippen molar-refractivity contribution < 1.29 is 0 Å². The van der Waals surface area contributed by atoms with Crippen molar-refractivity contribution in [2.24, 2.45) is 0 Å². The average molecular weight is 277 g/mol. The van der Waals surface area contributed by atoms with E-state index in [0.717, 1.165) is 25.4 Å². The Kier molecular flexibility index (Phi) is 9.13. The Morgan fingerprint density at radius 2 is 2.05 bits per heavy atom. The molecule has 0 aliphatic carbocycles. The van der Waals surface area contributed by atoms with Crippen molar-refractivity contribution in [3.05, 3.63) is 30.1 Å². The molecule has 1 aromatic rings. The topological polar surface area (TPSA) is 39.9 Å². The first-order chi connectivity index (χ1) is 9.36. The molecule has 0 amide bonds. The summed E-state index contributed by atoms with van der Waals surface area (Å²) in [6, 6.07) is 6.28. The second kappa shape index (κ2) is 10.8. The maximum absolute atomic E-state index is 8.73. The number of thiol groups is 1. The Hall–Kier alpha value is -1.05. The molecule has 0 spiro atoms. The Bertz CT molecular complexity index is 361. The van der Waals surface area contributed by atoms with Crippen LogP contribution in [0.3, 0.4) is 0 Å². The predicted molar refractivity (Wildman–Crippen MR) is 82.1 cm³/mol. The van der Waals surface area contributed by atoms with Crippen LogP contribution in [0.5, 0.6) is 0 Å². The molecule has 0 N–H and O–H groups in total. The minimum Gasteiger partial charge on any atom is -0.298 e. The number of aromatic nitrogens is 1. The molecule has 0 unspecified atom stereocenters. The van der Waals surface area contributed by atoms with Gasteiger partial charge in [-0.25, -0.2) is 0 Å². The lowest BCUT2D eigenvalue weighted by molar-refractivity contribution is 0.264. The van der Waals surface area contributed by atoms with Crippen molar-refractivity contribution in [3.8, 4) is 6.07 Å². The van der Waals surface area contributed by atoms with E-state index < -0.39 is 0 Å². The zero-order valence-corrected chi connectivity index (χ0v) is 12.4. The molecule has 104 valence electrons. The number of rotatable bonds is 10. The van der Waals surface area contributed by atoms with Gasteiger partial charge in [0.15, 0.2) is 0 Å². The molecule has 1 heterocycles. The van der Waals surface area contributed by atoms with Crippen molar-refractivity contribution in [1.29, 1.82) is 5.26 Å². The fraction of sp³-hybridized carbons (Fsp3) is 0.600. The van der Waals surface area contributed by atoms with Gasteiger partial charge >= 0.3 is 0 Å². The standard InChI is InChI=1S/C15H23N3S/c16-8-6-11-18(10-3-1-2-4-12-19)14-15-7-5-9-17-13-15/h5,7,9,13,19H,1-4,6,10-12,14H2. The van der Waals surface area contributed by atoms with Crippen LogP contribution in [0.25, 0.3) is 0 Å². The zero-order chi connectivity index (χ0) is 13.8. The number of hydrogen-bond donors (Lipinski definition) is 1. The summed E-state index contributed by atoms with van der Waals surface area (Å²) in [4.78, 5) is 6.49. The smallest absolute Gasteiger partial charge is 0.0635 e. The van der Waals surface area contributed by atoms with E-state index in [1.54, 1.807) is 6.20 Å². The molecule has 3 nitrogen and oxygen atoms in total. The molecular weight excluding hydrogens is 254 g/mol. The van der Waals surface area contributed by atoms with Gasteiger partial charge in [0.05, 0.1) is 6.07 Å². The highest BCUT2D eigenvalue weighted by Gasteiger charge is 2.05. The summed E-state index contributed by atoms with van der Waals surface area (Å²) >= 11 is 4.22. The monoisotopic (exact) mass is 277 g/mol. The third-order valence-corrected chi connectivity index (χ3v) is 3.37. The molecule has 0 radical (unpaired) electrons. The van der Waals surface area contributed by atoms with Gasteiger partial charge in [-0.3, -0.25) is 9.88 Å². The zero-order valence-electron chi connectivity index (χ0n) is 11.5. The van der Waals surface area contributed by atoms with Crippen LogP contribution in [-0.4, -0.2) is 28.7 Å². The summed E-state index contributed by atoms with van der Waals surface area (Å²) in [6.07, 6.45) is 9.18. The van der Waals surface area contributed by atoms with Gasteiger partial charge in [-0.15, -0.1) is 0 Å². The maximum Gasteiger partial charge on any atom is 0.0635 e. The van der Waals surface area contributed by atoms with Crippen molar-refractivity contribution in [2.75, 3.05) is 18.8 Å². The number of hydrogen-bond acceptors (Lipinski definition) is 4. The molecule has 0 fully saturated rings. The molecule has 4 heteroatoms. The highest BCUT2D eigenvalue weighted by Crippen LogP contribution is 2.07. The van der Waals surface area contributed by atoms with E-state index in [1.807, 2.05) is 12.3 Å². The van der Waals surface area contributed by atoms with Gasteiger partial charge in [-0.2, -0.15) is 17.9 Å². The number of nitriles is 1. The maximum atomic E-state index is 8.73. The van der Waals surface area contributed by atoms with Crippen molar-refractivity contribution in [2.45, 2.75) is 38.6 Å². The molecule has 0 aromatic carbocycles. The van der Waals surface area contributed by atoms with Crippen LogP contribution >= 0.6 is 12.6 Å². The van der Waals surface area contributed by atoms with Crippen LogP contribution in [-0.2, 0) is 6.54 Å². The van der Waals surface area contributed by atoms with E-state index in [9.17, 15) is 0 Å². The average Bonchev–Trinajstić information content (AvgIpc) is 2.45. The summed E-state index contributed by atoms with van der Waals surface area (Å²) in [7, 11) is 0. The van der Waals surface area contributed by atoms with Gasteiger partial charge in [-0.1, -0.05) is 18.9 Å². The number of unbranched alkanes of at least 4 members (excludes halogenated alkanes) is 3. The predicted octanol–water partition coefficient (Wildman–Crippen LogP) is 3.29.